The van der Waals surface area contributed by atoms with Gasteiger partial charge >= 0.3 is 5.97 Å². The number of hydrogen-bond acceptors (Lipinski definition) is 5. The van der Waals surface area contributed by atoms with Crippen LogP contribution >= 0.6 is 15.9 Å². The van der Waals surface area contributed by atoms with E-state index >= 15 is 0 Å². The van der Waals surface area contributed by atoms with Crippen LogP contribution in [-0.4, -0.2) is 37.1 Å². The van der Waals surface area contributed by atoms with Crippen molar-refractivity contribution in [3.05, 3.63) is 40.1 Å². The fourth-order valence-electron chi connectivity index (χ4n) is 2.72. The van der Waals surface area contributed by atoms with Crippen LogP contribution in [0.3, 0.4) is 0 Å². The number of nitrogens with zero attached hydrogens (tertiary/aromatic N) is 3. The predicted molar refractivity (Wildman–Crippen MR) is 96.2 cm³/mol. The average Bonchev–Trinajstić information content (AvgIpc) is 3.01. The number of esters is 1. The van der Waals surface area contributed by atoms with Gasteiger partial charge in [0, 0.05) is 23.8 Å². The molecular weight excluding hydrogens is 410 g/mol. The van der Waals surface area contributed by atoms with Crippen molar-refractivity contribution in [3.8, 4) is 0 Å². The van der Waals surface area contributed by atoms with Gasteiger partial charge in [-0.3, -0.25) is 0 Å². The summed E-state index contributed by atoms with van der Waals surface area (Å²) in [5, 5.41) is 0. The van der Waals surface area contributed by atoms with E-state index in [1.54, 1.807) is 29.8 Å². The molecule has 1 aromatic heterocycles. The Bertz CT molecular complexity index is 923. The molecule has 9 heteroatoms. The Kier molecular flexibility index (Phi) is 4.88. The SMILES string of the molecule is CCOC(=O)c1cn2c(n1)N(S(=O)(=O)c1cccc(C)c1Br)CCC2. The maximum absolute atomic E-state index is 13.2. The minimum Gasteiger partial charge on any atom is -0.461 e. The molecule has 1 aromatic carbocycles. The highest BCUT2D eigenvalue weighted by molar-refractivity contribution is 9.10. The summed E-state index contributed by atoms with van der Waals surface area (Å²) in [4.78, 5) is 16.3. The molecule has 0 aliphatic carbocycles. The van der Waals surface area contributed by atoms with E-state index in [9.17, 15) is 13.2 Å². The van der Waals surface area contributed by atoms with Gasteiger partial charge in [-0.2, -0.15) is 0 Å². The number of carbonyl (C=O) groups is 1. The number of aromatic nitrogens is 2. The second kappa shape index (κ2) is 6.80. The number of halogens is 1. The molecule has 1 aliphatic heterocycles. The summed E-state index contributed by atoms with van der Waals surface area (Å²) in [6, 6.07) is 5.09. The topological polar surface area (TPSA) is 81.5 Å². The highest BCUT2D eigenvalue weighted by atomic mass is 79.9. The van der Waals surface area contributed by atoms with Crippen molar-refractivity contribution in [3.63, 3.8) is 0 Å². The van der Waals surface area contributed by atoms with Gasteiger partial charge in [-0.05, 0) is 47.8 Å². The Morgan fingerprint density at radius 1 is 1.36 bits per heavy atom. The largest absolute Gasteiger partial charge is 0.461 e. The maximum atomic E-state index is 13.2. The Morgan fingerprint density at radius 2 is 2.12 bits per heavy atom. The number of anilines is 1. The van der Waals surface area contributed by atoms with Gasteiger partial charge in [0.05, 0.1) is 6.61 Å². The number of aryl methyl sites for hydroxylation is 2. The molecule has 0 unspecified atom stereocenters. The van der Waals surface area contributed by atoms with Crippen LogP contribution in [-0.2, 0) is 21.3 Å². The lowest BCUT2D eigenvalue weighted by molar-refractivity contribution is 0.0520. The van der Waals surface area contributed by atoms with Crippen molar-refractivity contribution in [2.45, 2.75) is 31.7 Å². The Balaban J connectivity index is 2.05. The number of ether oxygens (including phenoxy) is 1. The molecule has 0 atom stereocenters. The highest BCUT2D eigenvalue weighted by Gasteiger charge is 2.33. The first-order valence-corrected chi connectivity index (χ1v) is 10.1. The van der Waals surface area contributed by atoms with Crippen LogP contribution in [0.1, 0.15) is 29.4 Å². The van der Waals surface area contributed by atoms with Crippen LogP contribution in [0.2, 0.25) is 0 Å². The van der Waals surface area contributed by atoms with E-state index in [1.807, 2.05) is 13.0 Å². The number of rotatable bonds is 4. The number of carbonyl (C=O) groups excluding carboxylic acids is 1. The molecule has 134 valence electrons. The van der Waals surface area contributed by atoms with Gasteiger partial charge in [0.15, 0.2) is 5.69 Å². The minimum absolute atomic E-state index is 0.113. The Hall–Kier alpha value is -1.87. The van der Waals surface area contributed by atoms with Crippen molar-refractivity contribution in [2.75, 3.05) is 17.5 Å². The summed E-state index contributed by atoms with van der Waals surface area (Å²) in [5.41, 5.74) is 0.941. The van der Waals surface area contributed by atoms with E-state index in [4.69, 9.17) is 4.74 Å². The second-order valence-corrected chi connectivity index (χ2v) is 8.28. The van der Waals surface area contributed by atoms with Crippen molar-refractivity contribution >= 4 is 37.9 Å². The van der Waals surface area contributed by atoms with Crippen molar-refractivity contribution in [1.82, 2.24) is 9.55 Å². The summed E-state index contributed by atoms with van der Waals surface area (Å²) in [5.74, 6) is -0.318. The minimum atomic E-state index is -3.80. The molecule has 0 radical (unpaired) electrons. The third-order valence-electron chi connectivity index (χ3n) is 3.95. The molecule has 0 fully saturated rings. The zero-order chi connectivity index (χ0) is 18.2. The molecule has 7 nitrogen and oxygen atoms in total. The lowest BCUT2D eigenvalue weighted by Gasteiger charge is -2.28. The fourth-order valence-corrected chi connectivity index (χ4v) is 5.21. The number of fused-ring (bicyclic) bond motifs is 1. The first-order valence-electron chi connectivity index (χ1n) is 7.88. The standard InChI is InChI=1S/C16H18BrN3O4S/c1-3-24-15(21)12-10-19-8-5-9-20(16(19)18-12)25(22,23)13-7-4-6-11(2)14(13)17/h4,6-7,10H,3,5,8-9H2,1-2H3. The zero-order valence-corrected chi connectivity index (χ0v) is 16.3. The molecule has 25 heavy (non-hydrogen) atoms. The molecule has 0 N–H and O–H groups in total. The molecule has 0 saturated heterocycles. The summed E-state index contributed by atoms with van der Waals surface area (Å²) in [6.45, 7) is 4.68. The Morgan fingerprint density at radius 3 is 2.84 bits per heavy atom. The van der Waals surface area contributed by atoms with Crippen LogP contribution in [0.25, 0.3) is 0 Å². The first kappa shape index (κ1) is 17.9. The molecule has 2 aromatic rings. The van der Waals surface area contributed by atoms with Crippen molar-refractivity contribution < 1.29 is 17.9 Å². The lowest BCUT2D eigenvalue weighted by Crippen LogP contribution is -2.37. The first-order chi connectivity index (χ1) is 11.9. The molecular formula is C16H18BrN3O4S. The summed E-state index contributed by atoms with van der Waals surface area (Å²) < 4.78 is 34.7. The third kappa shape index (κ3) is 3.18. The van der Waals surface area contributed by atoms with Crippen molar-refractivity contribution in [1.29, 1.82) is 0 Å². The number of imidazole rings is 1. The van der Waals surface area contributed by atoms with Gasteiger partial charge in [0.2, 0.25) is 5.95 Å². The molecule has 2 heterocycles. The van der Waals surface area contributed by atoms with E-state index in [-0.39, 0.29) is 23.1 Å². The predicted octanol–water partition coefficient (Wildman–Crippen LogP) is 2.73. The normalized spacial score (nSPS) is 14.3. The number of hydrogen-bond donors (Lipinski definition) is 0. The molecule has 0 amide bonds. The second-order valence-electron chi connectivity index (χ2n) is 5.66. The smallest absolute Gasteiger partial charge is 0.358 e. The quantitative estimate of drug-likeness (QED) is 0.700. The maximum Gasteiger partial charge on any atom is 0.358 e. The van der Waals surface area contributed by atoms with Crippen LogP contribution in [0, 0.1) is 6.92 Å². The van der Waals surface area contributed by atoms with E-state index in [2.05, 4.69) is 20.9 Å². The van der Waals surface area contributed by atoms with E-state index in [0.29, 0.717) is 24.0 Å². The molecule has 0 saturated carbocycles. The molecule has 0 bridgehead atoms. The van der Waals surface area contributed by atoms with E-state index < -0.39 is 16.0 Å². The van der Waals surface area contributed by atoms with Gasteiger partial charge in [0.25, 0.3) is 10.0 Å². The van der Waals surface area contributed by atoms with Gasteiger partial charge in [-0.15, -0.1) is 0 Å². The van der Waals surface area contributed by atoms with Gasteiger partial charge in [0.1, 0.15) is 4.90 Å². The van der Waals surface area contributed by atoms with Gasteiger partial charge < -0.3 is 9.30 Å². The van der Waals surface area contributed by atoms with Crippen molar-refractivity contribution in [2.24, 2.45) is 0 Å². The average molecular weight is 428 g/mol. The lowest BCUT2D eigenvalue weighted by atomic mass is 10.2. The van der Waals surface area contributed by atoms with Crippen LogP contribution in [0.4, 0.5) is 5.95 Å². The molecule has 3 rings (SSSR count). The van der Waals surface area contributed by atoms with E-state index in [1.165, 1.54) is 4.31 Å². The molecule has 1 aliphatic rings. The van der Waals surface area contributed by atoms with Crippen LogP contribution in [0.5, 0.6) is 0 Å². The fraction of sp³-hybridized carbons (Fsp3) is 0.375. The van der Waals surface area contributed by atoms with Gasteiger partial charge in [-0.25, -0.2) is 22.5 Å². The van der Waals surface area contributed by atoms with Gasteiger partial charge in [-0.1, -0.05) is 12.1 Å². The Labute approximate surface area is 154 Å². The highest BCUT2D eigenvalue weighted by Crippen LogP contribution is 2.32. The summed E-state index contributed by atoms with van der Waals surface area (Å²) in [7, 11) is -3.80. The molecule has 0 spiro atoms. The third-order valence-corrected chi connectivity index (χ3v) is 7.08. The van der Waals surface area contributed by atoms with Crippen LogP contribution in [0.15, 0.2) is 33.8 Å². The number of sulfonamides is 1. The monoisotopic (exact) mass is 427 g/mol. The van der Waals surface area contributed by atoms with Crippen LogP contribution < -0.4 is 4.31 Å². The number of benzene rings is 1. The summed E-state index contributed by atoms with van der Waals surface area (Å²) in [6.07, 6.45) is 2.18. The zero-order valence-electron chi connectivity index (χ0n) is 13.9. The summed E-state index contributed by atoms with van der Waals surface area (Å²) >= 11 is 3.36. The van der Waals surface area contributed by atoms with E-state index in [0.717, 1.165) is 5.56 Å².